The second-order valence-electron chi connectivity index (χ2n) is 4.78. The first-order valence-electron chi connectivity index (χ1n) is 6.61. The number of rotatable bonds is 12. The molecule has 104 valence electrons. The molecule has 0 rings (SSSR count). The molecule has 0 spiro atoms. The van der Waals surface area contributed by atoms with Gasteiger partial charge in [-0.1, -0.05) is 13.8 Å². The van der Waals surface area contributed by atoms with Gasteiger partial charge in [-0.15, -0.1) is 0 Å². The van der Waals surface area contributed by atoms with Crippen LogP contribution in [-0.4, -0.2) is 65.1 Å². The van der Waals surface area contributed by atoms with Crippen molar-refractivity contribution in [1.29, 1.82) is 0 Å². The van der Waals surface area contributed by atoms with Crippen LogP contribution in [0, 0.1) is 5.92 Å². The zero-order valence-corrected chi connectivity index (χ0v) is 12.0. The Bertz CT molecular complexity index is 154. The molecule has 0 aromatic carbocycles. The first-order chi connectivity index (χ1) is 8.20. The Balaban J connectivity index is 3.60. The van der Waals surface area contributed by atoms with Gasteiger partial charge in [0.15, 0.2) is 0 Å². The van der Waals surface area contributed by atoms with Crippen molar-refractivity contribution < 1.29 is 9.47 Å². The van der Waals surface area contributed by atoms with Crippen molar-refractivity contribution in [3.8, 4) is 0 Å². The summed E-state index contributed by atoms with van der Waals surface area (Å²) in [4.78, 5) is 2.43. The number of hydrogen-bond donors (Lipinski definition) is 1. The molecule has 0 aliphatic carbocycles. The van der Waals surface area contributed by atoms with Crippen molar-refractivity contribution in [2.45, 2.75) is 20.3 Å². The second kappa shape index (κ2) is 12.3. The van der Waals surface area contributed by atoms with Gasteiger partial charge in [-0.2, -0.15) is 0 Å². The minimum atomic E-state index is 0.718. The Labute approximate surface area is 107 Å². The molecule has 0 amide bonds. The topological polar surface area (TPSA) is 33.7 Å². The lowest BCUT2D eigenvalue weighted by Gasteiger charge is -2.22. The van der Waals surface area contributed by atoms with Gasteiger partial charge in [-0.3, -0.25) is 4.90 Å². The average molecular weight is 246 g/mol. The summed E-state index contributed by atoms with van der Waals surface area (Å²) < 4.78 is 10.2. The average Bonchev–Trinajstić information content (AvgIpc) is 2.30. The molecule has 0 unspecified atom stereocenters. The normalized spacial score (nSPS) is 11.6. The summed E-state index contributed by atoms with van der Waals surface area (Å²) in [5.41, 5.74) is 0. The van der Waals surface area contributed by atoms with Gasteiger partial charge in [-0.05, 0) is 18.9 Å². The number of hydrogen-bond acceptors (Lipinski definition) is 4. The van der Waals surface area contributed by atoms with E-state index in [0.717, 1.165) is 58.3 Å². The summed E-state index contributed by atoms with van der Waals surface area (Å²) >= 11 is 0. The first-order valence-corrected chi connectivity index (χ1v) is 6.61. The minimum absolute atomic E-state index is 0.718. The van der Waals surface area contributed by atoms with Crippen LogP contribution in [0.25, 0.3) is 0 Å². The summed E-state index contributed by atoms with van der Waals surface area (Å²) in [5, 5.41) is 3.47. The smallest absolute Gasteiger partial charge is 0.0589 e. The monoisotopic (exact) mass is 246 g/mol. The zero-order chi connectivity index (χ0) is 12.9. The maximum Gasteiger partial charge on any atom is 0.0589 e. The van der Waals surface area contributed by atoms with Crippen molar-refractivity contribution in [2.24, 2.45) is 5.92 Å². The standard InChI is InChI=1S/C13H30N2O2/c1-13(2)12-14-6-8-15(9-11-17-4)7-5-10-16-3/h13-14H,5-12H2,1-4H3. The summed E-state index contributed by atoms with van der Waals surface area (Å²) in [6, 6.07) is 0. The van der Waals surface area contributed by atoms with Gasteiger partial charge in [0, 0.05) is 47.0 Å². The molecule has 0 fully saturated rings. The van der Waals surface area contributed by atoms with E-state index in [1.165, 1.54) is 0 Å². The molecule has 4 nitrogen and oxygen atoms in total. The lowest BCUT2D eigenvalue weighted by molar-refractivity contribution is 0.133. The molecule has 0 radical (unpaired) electrons. The van der Waals surface area contributed by atoms with E-state index in [2.05, 4.69) is 24.1 Å². The van der Waals surface area contributed by atoms with Crippen LogP contribution in [0.4, 0.5) is 0 Å². The molecule has 0 saturated carbocycles. The SMILES string of the molecule is COCCCN(CCNCC(C)C)CCOC. The quantitative estimate of drug-likeness (QED) is 0.525. The van der Waals surface area contributed by atoms with Crippen LogP contribution in [0.2, 0.25) is 0 Å². The van der Waals surface area contributed by atoms with Crippen molar-refractivity contribution in [3.63, 3.8) is 0 Å². The molecule has 0 aliphatic rings. The zero-order valence-electron chi connectivity index (χ0n) is 12.0. The number of nitrogens with one attached hydrogen (secondary N) is 1. The third-order valence-corrected chi connectivity index (χ3v) is 2.59. The molecule has 0 aromatic rings. The van der Waals surface area contributed by atoms with E-state index in [-0.39, 0.29) is 0 Å². The van der Waals surface area contributed by atoms with Gasteiger partial charge >= 0.3 is 0 Å². The second-order valence-corrected chi connectivity index (χ2v) is 4.78. The van der Waals surface area contributed by atoms with E-state index < -0.39 is 0 Å². The van der Waals surface area contributed by atoms with Gasteiger partial charge < -0.3 is 14.8 Å². The van der Waals surface area contributed by atoms with Gasteiger partial charge in [-0.25, -0.2) is 0 Å². The van der Waals surface area contributed by atoms with Crippen LogP contribution in [0.15, 0.2) is 0 Å². The van der Waals surface area contributed by atoms with E-state index in [1.54, 1.807) is 14.2 Å². The van der Waals surface area contributed by atoms with E-state index in [4.69, 9.17) is 9.47 Å². The first kappa shape index (κ1) is 16.8. The minimum Gasteiger partial charge on any atom is -0.385 e. The highest BCUT2D eigenvalue weighted by Crippen LogP contribution is 1.93. The Kier molecular flexibility index (Phi) is 12.2. The highest BCUT2D eigenvalue weighted by atomic mass is 16.5. The van der Waals surface area contributed by atoms with Crippen LogP contribution in [0.3, 0.4) is 0 Å². The summed E-state index contributed by atoms with van der Waals surface area (Å²) in [6.07, 6.45) is 1.09. The molecule has 0 saturated heterocycles. The summed E-state index contributed by atoms with van der Waals surface area (Å²) in [7, 11) is 3.51. The van der Waals surface area contributed by atoms with Crippen molar-refractivity contribution >= 4 is 0 Å². The lowest BCUT2D eigenvalue weighted by Crippen LogP contribution is -2.36. The molecule has 0 bridgehead atoms. The largest absolute Gasteiger partial charge is 0.385 e. The fourth-order valence-electron chi connectivity index (χ4n) is 1.62. The highest BCUT2D eigenvalue weighted by Gasteiger charge is 2.04. The third kappa shape index (κ3) is 12.1. The van der Waals surface area contributed by atoms with Crippen LogP contribution in [0.5, 0.6) is 0 Å². The van der Waals surface area contributed by atoms with Crippen LogP contribution >= 0.6 is 0 Å². The van der Waals surface area contributed by atoms with Crippen LogP contribution in [0.1, 0.15) is 20.3 Å². The molecule has 0 aromatic heterocycles. The van der Waals surface area contributed by atoms with Gasteiger partial charge in [0.2, 0.25) is 0 Å². The highest BCUT2D eigenvalue weighted by molar-refractivity contribution is 4.60. The van der Waals surface area contributed by atoms with Crippen molar-refractivity contribution in [2.75, 3.05) is 60.2 Å². The third-order valence-electron chi connectivity index (χ3n) is 2.59. The van der Waals surface area contributed by atoms with Gasteiger partial charge in [0.1, 0.15) is 0 Å². The molecular formula is C13H30N2O2. The van der Waals surface area contributed by atoms with E-state index in [9.17, 15) is 0 Å². The molecule has 0 heterocycles. The van der Waals surface area contributed by atoms with E-state index in [0.29, 0.717) is 0 Å². The van der Waals surface area contributed by atoms with Gasteiger partial charge in [0.05, 0.1) is 6.61 Å². The van der Waals surface area contributed by atoms with Crippen LogP contribution < -0.4 is 5.32 Å². The predicted octanol–water partition coefficient (Wildman–Crippen LogP) is 1.22. The Morgan fingerprint density at radius 2 is 1.71 bits per heavy atom. The maximum absolute atomic E-state index is 5.13. The summed E-state index contributed by atoms with van der Waals surface area (Å²) in [6.45, 7) is 11.4. The Morgan fingerprint density at radius 3 is 2.29 bits per heavy atom. The lowest BCUT2D eigenvalue weighted by atomic mass is 10.2. The molecule has 4 heteroatoms. The molecular weight excluding hydrogens is 216 g/mol. The number of nitrogens with zero attached hydrogens (tertiary/aromatic N) is 1. The predicted molar refractivity (Wildman–Crippen MR) is 72.5 cm³/mol. The van der Waals surface area contributed by atoms with Crippen molar-refractivity contribution in [3.05, 3.63) is 0 Å². The number of ether oxygens (including phenoxy) is 2. The Hall–Kier alpha value is -0.160. The van der Waals surface area contributed by atoms with E-state index in [1.807, 2.05) is 0 Å². The Morgan fingerprint density at radius 1 is 1.00 bits per heavy atom. The molecule has 0 atom stereocenters. The summed E-state index contributed by atoms with van der Waals surface area (Å²) in [5.74, 6) is 0.718. The van der Waals surface area contributed by atoms with Crippen LogP contribution in [-0.2, 0) is 9.47 Å². The maximum atomic E-state index is 5.13. The van der Waals surface area contributed by atoms with E-state index >= 15 is 0 Å². The van der Waals surface area contributed by atoms with Crippen molar-refractivity contribution in [1.82, 2.24) is 10.2 Å². The molecule has 0 aliphatic heterocycles. The number of methoxy groups -OCH3 is 2. The fraction of sp³-hybridized carbons (Fsp3) is 1.00. The van der Waals surface area contributed by atoms with Gasteiger partial charge in [0.25, 0.3) is 0 Å². The molecule has 17 heavy (non-hydrogen) atoms. The fourth-order valence-corrected chi connectivity index (χ4v) is 1.62. The molecule has 1 N–H and O–H groups in total.